The van der Waals surface area contributed by atoms with Gasteiger partial charge in [-0.2, -0.15) is 0 Å². The van der Waals surface area contributed by atoms with E-state index in [1.165, 1.54) is 0 Å². The fourth-order valence-corrected chi connectivity index (χ4v) is 1.32. The van der Waals surface area contributed by atoms with Gasteiger partial charge in [0.25, 0.3) is 0 Å². The predicted octanol–water partition coefficient (Wildman–Crippen LogP) is 1.57. The topological polar surface area (TPSA) is 51.2 Å². The van der Waals surface area contributed by atoms with Crippen LogP contribution in [0.4, 0.5) is 0 Å². The molecule has 0 aromatic rings. The summed E-state index contributed by atoms with van der Waals surface area (Å²) in [5.74, 6) is -0.787. The zero-order chi connectivity index (χ0) is 10.4. The van der Waals surface area contributed by atoms with E-state index in [4.69, 9.17) is 11.6 Å². The number of rotatable bonds is 6. The highest BCUT2D eigenvalue weighted by Gasteiger charge is 2.21. The molecule has 0 saturated carbocycles. The van der Waals surface area contributed by atoms with Gasteiger partial charge in [-0.25, -0.2) is 0 Å². The van der Waals surface area contributed by atoms with Crippen LogP contribution < -0.4 is 0 Å². The van der Waals surface area contributed by atoms with E-state index >= 15 is 0 Å². The predicted molar refractivity (Wildman–Crippen MR) is 49.5 cm³/mol. The summed E-state index contributed by atoms with van der Waals surface area (Å²) in [4.78, 5) is 32.0. The molecule has 0 radical (unpaired) electrons. The molecular formula is C9H13ClO3. The Labute approximate surface area is 82.4 Å². The molecule has 4 heteroatoms. The summed E-state index contributed by atoms with van der Waals surface area (Å²) in [5, 5.41) is -0.515. The van der Waals surface area contributed by atoms with E-state index in [0.717, 1.165) is 0 Å². The van der Waals surface area contributed by atoms with Crippen LogP contribution in [-0.2, 0) is 14.4 Å². The summed E-state index contributed by atoms with van der Waals surface area (Å²) in [7, 11) is 0. The molecule has 0 bridgehead atoms. The highest BCUT2D eigenvalue weighted by atomic mass is 35.5. The van der Waals surface area contributed by atoms with Crippen molar-refractivity contribution in [3.63, 3.8) is 0 Å². The van der Waals surface area contributed by atoms with Gasteiger partial charge in [0.15, 0.2) is 0 Å². The van der Waals surface area contributed by atoms with Crippen LogP contribution in [0.2, 0.25) is 0 Å². The Hall–Kier alpha value is -0.700. The SMILES string of the molecule is CC(CC=O)C(=O)C(C)CC(=O)Cl. The molecule has 0 rings (SSSR count). The second-order valence-corrected chi connectivity index (χ2v) is 3.59. The number of carbonyl (C=O) groups excluding carboxylic acids is 3. The van der Waals surface area contributed by atoms with Crippen LogP contribution in [0.3, 0.4) is 0 Å². The Morgan fingerprint density at radius 2 is 1.85 bits per heavy atom. The van der Waals surface area contributed by atoms with Crippen LogP contribution in [0, 0.1) is 11.8 Å². The minimum absolute atomic E-state index is 0.0452. The molecule has 74 valence electrons. The fraction of sp³-hybridized carbons (Fsp3) is 0.667. The number of hydrogen-bond acceptors (Lipinski definition) is 3. The monoisotopic (exact) mass is 204 g/mol. The molecule has 0 aromatic heterocycles. The van der Waals surface area contributed by atoms with Crippen molar-refractivity contribution < 1.29 is 14.4 Å². The van der Waals surface area contributed by atoms with E-state index < -0.39 is 5.24 Å². The van der Waals surface area contributed by atoms with Gasteiger partial charge in [-0.15, -0.1) is 0 Å². The normalized spacial score (nSPS) is 14.7. The first-order valence-corrected chi connectivity index (χ1v) is 4.52. The zero-order valence-electron chi connectivity index (χ0n) is 7.75. The van der Waals surface area contributed by atoms with Gasteiger partial charge in [-0.05, 0) is 11.6 Å². The minimum atomic E-state index is -0.515. The molecule has 0 N–H and O–H groups in total. The Bertz CT molecular complexity index is 213. The van der Waals surface area contributed by atoms with Gasteiger partial charge in [-0.3, -0.25) is 9.59 Å². The lowest BCUT2D eigenvalue weighted by molar-refractivity contribution is -0.129. The molecule has 0 fully saturated rings. The third-order valence-electron chi connectivity index (χ3n) is 1.89. The van der Waals surface area contributed by atoms with Gasteiger partial charge in [0.05, 0.1) is 0 Å². The molecule has 0 amide bonds. The van der Waals surface area contributed by atoms with Gasteiger partial charge in [0, 0.05) is 24.7 Å². The molecule has 0 spiro atoms. The molecule has 0 aromatic carbocycles. The summed E-state index contributed by atoms with van der Waals surface area (Å²) in [6.45, 7) is 3.32. The van der Waals surface area contributed by atoms with E-state index in [1.807, 2.05) is 0 Å². The smallest absolute Gasteiger partial charge is 0.222 e. The van der Waals surface area contributed by atoms with Crippen molar-refractivity contribution >= 4 is 28.9 Å². The highest BCUT2D eigenvalue weighted by molar-refractivity contribution is 6.63. The van der Waals surface area contributed by atoms with E-state index in [9.17, 15) is 14.4 Å². The second kappa shape index (κ2) is 5.86. The van der Waals surface area contributed by atoms with E-state index in [0.29, 0.717) is 6.29 Å². The number of Topliss-reactive ketones (excluding diaryl/α,β-unsaturated/α-hetero) is 1. The molecule has 13 heavy (non-hydrogen) atoms. The lowest BCUT2D eigenvalue weighted by Crippen LogP contribution is -2.21. The van der Waals surface area contributed by atoms with Gasteiger partial charge in [0.2, 0.25) is 5.24 Å². The maximum atomic E-state index is 11.4. The average molecular weight is 205 g/mol. The van der Waals surface area contributed by atoms with Crippen molar-refractivity contribution in [1.82, 2.24) is 0 Å². The second-order valence-electron chi connectivity index (χ2n) is 3.17. The Balaban J connectivity index is 4.08. The van der Waals surface area contributed by atoms with Crippen molar-refractivity contribution in [3.05, 3.63) is 0 Å². The summed E-state index contributed by atoms with van der Waals surface area (Å²) in [6, 6.07) is 0. The molecule has 0 saturated heterocycles. The maximum Gasteiger partial charge on any atom is 0.222 e. The quantitative estimate of drug-likeness (QED) is 0.488. The summed E-state index contributed by atoms with van der Waals surface area (Å²) < 4.78 is 0. The van der Waals surface area contributed by atoms with Crippen molar-refractivity contribution in [1.29, 1.82) is 0 Å². The molecule has 2 unspecified atom stereocenters. The van der Waals surface area contributed by atoms with Gasteiger partial charge >= 0.3 is 0 Å². The Kier molecular flexibility index (Phi) is 5.55. The lowest BCUT2D eigenvalue weighted by atomic mass is 9.92. The molecular weight excluding hydrogens is 192 g/mol. The van der Waals surface area contributed by atoms with E-state index in [-0.39, 0.29) is 30.5 Å². The number of aldehydes is 1. The Morgan fingerprint density at radius 3 is 2.23 bits per heavy atom. The van der Waals surface area contributed by atoms with Crippen LogP contribution in [0.25, 0.3) is 0 Å². The number of carbonyl (C=O) groups is 3. The first-order chi connectivity index (χ1) is 5.99. The molecule has 3 nitrogen and oxygen atoms in total. The zero-order valence-corrected chi connectivity index (χ0v) is 8.50. The number of halogens is 1. The standard InChI is InChI=1S/C9H13ClO3/c1-6(3-4-11)9(13)7(2)5-8(10)12/h4,6-7H,3,5H2,1-2H3. The average Bonchev–Trinajstić information content (AvgIpc) is 2.02. The van der Waals surface area contributed by atoms with E-state index in [2.05, 4.69) is 0 Å². The van der Waals surface area contributed by atoms with Crippen LogP contribution in [-0.4, -0.2) is 17.3 Å². The molecule has 0 aliphatic carbocycles. The summed E-state index contributed by atoms with van der Waals surface area (Å²) in [6.07, 6.45) is 0.959. The summed E-state index contributed by atoms with van der Waals surface area (Å²) >= 11 is 5.14. The van der Waals surface area contributed by atoms with E-state index in [1.54, 1.807) is 13.8 Å². The fourth-order valence-electron chi connectivity index (χ4n) is 1.09. The highest BCUT2D eigenvalue weighted by Crippen LogP contribution is 2.14. The van der Waals surface area contributed by atoms with Crippen molar-refractivity contribution in [2.45, 2.75) is 26.7 Å². The first kappa shape index (κ1) is 12.3. The van der Waals surface area contributed by atoms with Crippen LogP contribution >= 0.6 is 11.6 Å². The van der Waals surface area contributed by atoms with Crippen molar-refractivity contribution in [3.8, 4) is 0 Å². The van der Waals surface area contributed by atoms with Gasteiger partial charge in [0.1, 0.15) is 12.1 Å². The van der Waals surface area contributed by atoms with Gasteiger partial charge in [-0.1, -0.05) is 13.8 Å². The van der Waals surface area contributed by atoms with Crippen LogP contribution in [0.1, 0.15) is 26.7 Å². The Morgan fingerprint density at radius 1 is 1.31 bits per heavy atom. The maximum absolute atomic E-state index is 11.4. The van der Waals surface area contributed by atoms with Gasteiger partial charge < -0.3 is 4.79 Å². The largest absolute Gasteiger partial charge is 0.303 e. The van der Waals surface area contributed by atoms with Crippen molar-refractivity contribution in [2.24, 2.45) is 11.8 Å². The molecule has 0 aliphatic rings. The lowest BCUT2D eigenvalue weighted by Gasteiger charge is -2.11. The summed E-state index contributed by atoms with van der Waals surface area (Å²) in [5.41, 5.74) is 0. The minimum Gasteiger partial charge on any atom is -0.303 e. The third-order valence-corrected chi connectivity index (χ3v) is 2.04. The number of ketones is 1. The van der Waals surface area contributed by atoms with Crippen molar-refractivity contribution in [2.75, 3.05) is 0 Å². The number of hydrogen-bond donors (Lipinski definition) is 0. The third kappa shape index (κ3) is 4.78. The van der Waals surface area contributed by atoms with Crippen LogP contribution in [0.5, 0.6) is 0 Å². The first-order valence-electron chi connectivity index (χ1n) is 4.14. The molecule has 2 atom stereocenters. The molecule has 0 aliphatic heterocycles. The molecule has 0 heterocycles. The van der Waals surface area contributed by atoms with Crippen LogP contribution in [0.15, 0.2) is 0 Å².